The molecule has 6 nitrogen and oxygen atoms in total. The molecular weight excluding hydrogens is 248 g/mol. The number of carbonyl (C=O) groups excluding carboxylic acids is 2. The van der Waals surface area contributed by atoms with Gasteiger partial charge in [0.2, 0.25) is 5.91 Å². The fourth-order valence-corrected chi connectivity index (χ4v) is 2.17. The Morgan fingerprint density at radius 2 is 2.37 bits per heavy atom. The van der Waals surface area contributed by atoms with Gasteiger partial charge in [-0.25, -0.2) is 0 Å². The number of nitrogens with zero attached hydrogens (tertiary/aromatic N) is 2. The van der Waals surface area contributed by atoms with Crippen LogP contribution in [0.5, 0.6) is 0 Å². The van der Waals surface area contributed by atoms with Crippen molar-refractivity contribution in [2.24, 2.45) is 5.92 Å². The first-order valence-corrected chi connectivity index (χ1v) is 6.29. The normalized spacial score (nSPS) is 18.6. The number of carbonyl (C=O) groups is 2. The van der Waals surface area contributed by atoms with E-state index < -0.39 is 0 Å². The summed E-state index contributed by atoms with van der Waals surface area (Å²) in [5, 5.41) is 9.05. The molecule has 0 aliphatic carbocycles. The Morgan fingerprint density at radius 1 is 1.58 bits per heavy atom. The van der Waals surface area contributed by atoms with E-state index in [-0.39, 0.29) is 36.6 Å². The van der Waals surface area contributed by atoms with Crippen molar-refractivity contribution in [2.45, 2.75) is 6.42 Å². The molecule has 1 aromatic heterocycles. The van der Waals surface area contributed by atoms with Crippen LogP contribution in [0.2, 0.25) is 0 Å². The molecule has 1 aromatic rings. The molecular formula is C13H18N2O4. The second-order valence-electron chi connectivity index (χ2n) is 4.82. The van der Waals surface area contributed by atoms with Gasteiger partial charge in [0.15, 0.2) is 5.76 Å². The van der Waals surface area contributed by atoms with Crippen LogP contribution in [0, 0.1) is 5.92 Å². The van der Waals surface area contributed by atoms with Gasteiger partial charge in [-0.2, -0.15) is 0 Å². The molecule has 1 atom stereocenters. The summed E-state index contributed by atoms with van der Waals surface area (Å²) in [7, 11) is 1.57. The number of hydrogen-bond acceptors (Lipinski definition) is 4. The van der Waals surface area contributed by atoms with Crippen LogP contribution in [-0.2, 0) is 4.79 Å². The first-order chi connectivity index (χ1) is 9.11. The van der Waals surface area contributed by atoms with Crippen LogP contribution in [-0.4, -0.2) is 60.0 Å². The zero-order chi connectivity index (χ0) is 13.8. The van der Waals surface area contributed by atoms with Gasteiger partial charge >= 0.3 is 0 Å². The average Bonchev–Trinajstić information content (AvgIpc) is 3.08. The van der Waals surface area contributed by atoms with Gasteiger partial charge in [0.05, 0.1) is 12.8 Å². The number of aliphatic hydroxyl groups is 1. The maximum Gasteiger partial charge on any atom is 0.289 e. The molecule has 0 aromatic carbocycles. The van der Waals surface area contributed by atoms with Crippen molar-refractivity contribution >= 4 is 11.8 Å². The summed E-state index contributed by atoms with van der Waals surface area (Å²) in [6.45, 7) is 1.34. The Kier molecular flexibility index (Phi) is 4.21. The van der Waals surface area contributed by atoms with Crippen LogP contribution in [0.4, 0.5) is 0 Å². The van der Waals surface area contributed by atoms with Crippen molar-refractivity contribution in [1.29, 1.82) is 0 Å². The van der Waals surface area contributed by atoms with Crippen molar-refractivity contribution in [1.82, 2.24) is 9.80 Å². The largest absolute Gasteiger partial charge is 0.459 e. The van der Waals surface area contributed by atoms with Gasteiger partial charge in [-0.1, -0.05) is 0 Å². The lowest BCUT2D eigenvalue weighted by Gasteiger charge is -2.21. The molecule has 2 heterocycles. The van der Waals surface area contributed by atoms with Crippen molar-refractivity contribution in [3.8, 4) is 0 Å². The van der Waals surface area contributed by atoms with E-state index in [1.807, 2.05) is 0 Å². The molecule has 0 spiro atoms. The molecule has 2 amide bonds. The topological polar surface area (TPSA) is 74.0 Å². The summed E-state index contributed by atoms with van der Waals surface area (Å²) in [4.78, 5) is 26.9. The average molecular weight is 266 g/mol. The first kappa shape index (κ1) is 13.6. The van der Waals surface area contributed by atoms with Crippen LogP contribution >= 0.6 is 0 Å². The summed E-state index contributed by atoms with van der Waals surface area (Å²) in [6, 6.07) is 3.20. The van der Waals surface area contributed by atoms with Gasteiger partial charge in [-0.3, -0.25) is 9.59 Å². The second-order valence-corrected chi connectivity index (χ2v) is 4.82. The van der Waals surface area contributed by atoms with Crippen LogP contribution in [0.1, 0.15) is 17.0 Å². The van der Waals surface area contributed by atoms with E-state index >= 15 is 0 Å². The number of aliphatic hydroxyl groups excluding tert-OH is 1. The monoisotopic (exact) mass is 266 g/mol. The molecule has 1 aliphatic heterocycles. The summed E-state index contributed by atoms with van der Waals surface area (Å²) in [5.41, 5.74) is 0. The molecule has 1 aliphatic rings. The molecule has 1 fully saturated rings. The molecule has 0 saturated carbocycles. The van der Waals surface area contributed by atoms with Crippen LogP contribution in [0.25, 0.3) is 0 Å². The summed E-state index contributed by atoms with van der Waals surface area (Å²) in [5.74, 6) is -0.0189. The van der Waals surface area contributed by atoms with E-state index in [0.29, 0.717) is 13.1 Å². The standard InChI is InChI=1S/C13H18N2O4/c1-14(13(18)11-3-2-6-19-11)8-12(17)15-5-4-10(7-15)9-16/h2-3,6,10,16H,4-5,7-9H2,1H3. The Hall–Kier alpha value is -1.82. The SMILES string of the molecule is CN(CC(=O)N1CCC(CO)C1)C(=O)c1ccco1. The first-order valence-electron chi connectivity index (χ1n) is 6.29. The Labute approximate surface area is 111 Å². The number of furan rings is 1. The van der Waals surface area contributed by atoms with E-state index in [2.05, 4.69) is 0 Å². The Morgan fingerprint density at radius 3 is 2.95 bits per heavy atom. The summed E-state index contributed by atoms with van der Waals surface area (Å²) in [6.07, 6.45) is 2.24. The van der Waals surface area contributed by atoms with Gasteiger partial charge in [0.1, 0.15) is 0 Å². The zero-order valence-corrected chi connectivity index (χ0v) is 10.9. The predicted molar refractivity (Wildman–Crippen MR) is 67.4 cm³/mol. The van der Waals surface area contributed by atoms with Crippen LogP contribution in [0.15, 0.2) is 22.8 Å². The van der Waals surface area contributed by atoms with E-state index in [1.165, 1.54) is 11.2 Å². The highest BCUT2D eigenvalue weighted by molar-refractivity contribution is 5.94. The fourth-order valence-electron chi connectivity index (χ4n) is 2.17. The molecule has 19 heavy (non-hydrogen) atoms. The minimum atomic E-state index is -0.309. The lowest BCUT2D eigenvalue weighted by Crippen LogP contribution is -2.40. The number of hydrogen-bond donors (Lipinski definition) is 1. The van der Waals surface area contributed by atoms with Gasteiger partial charge in [0, 0.05) is 32.7 Å². The summed E-state index contributed by atoms with van der Waals surface area (Å²) < 4.78 is 5.01. The predicted octanol–water partition coefficient (Wildman–Crippen LogP) is 0.192. The molecule has 0 bridgehead atoms. The number of likely N-dealkylation sites (tertiary alicyclic amines) is 1. The van der Waals surface area contributed by atoms with E-state index in [1.54, 1.807) is 24.1 Å². The quantitative estimate of drug-likeness (QED) is 0.844. The highest BCUT2D eigenvalue weighted by Crippen LogP contribution is 2.15. The van der Waals surface area contributed by atoms with Crippen molar-refractivity contribution in [3.05, 3.63) is 24.2 Å². The number of likely N-dealkylation sites (N-methyl/N-ethyl adjacent to an activating group) is 1. The highest BCUT2D eigenvalue weighted by Gasteiger charge is 2.27. The van der Waals surface area contributed by atoms with E-state index in [0.717, 1.165) is 6.42 Å². The van der Waals surface area contributed by atoms with Crippen molar-refractivity contribution < 1.29 is 19.1 Å². The van der Waals surface area contributed by atoms with Gasteiger partial charge < -0.3 is 19.3 Å². The third-order valence-corrected chi connectivity index (χ3v) is 3.35. The van der Waals surface area contributed by atoms with Gasteiger partial charge in [-0.05, 0) is 18.6 Å². The number of amides is 2. The van der Waals surface area contributed by atoms with Crippen LogP contribution in [0.3, 0.4) is 0 Å². The highest BCUT2D eigenvalue weighted by atomic mass is 16.3. The second kappa shape index (κ2) is 5.88. The minimum absolute atomic E-state index is 0.0255. The lowest BCUT2D eigenvalue weighted by molar-refractivity contribution is -0.130. The van der Waals surface area contributed by atoms with Gasteiger partial charge in [-0.15, -0.1) is 0 Å². The maximum absolute atomic E-state index is 12.0. The molecule has 104 valence electrons. The molecule has 6 heteroatoms. The third-order valence-electron chi connectivity index (χ3n) is 3.35. The maximum atomic E-state index is 12.0. The van der Waals surface area contributed by atoms with Crippen LogP contribution < -0.4 is 0 Å². The zero-order valence-electron chi connectivity index (χ0n) is 10.9. The number of rotatable bonds is 4. The lowest BCUT2D eigenvalue weighted by atomic mass is 10.1. The third kappa shape index (κ3) is 3.14. The fraction of sp³-hybridized carbons (Fsp3) is 0.538. The smallest absolute Gasteiger partial charge is 0.289 e. The molecule has 0 radical (unpaired) electrons. The van der Waals surface area contributed by atoms with Crippen molar-refractivity contribution in [3.63, 3.8) is 0 Å². The van der Waals surface area contributed by atoms with Gasteiger partial charge in [0.25, 0.3) is 5.91 Å². The van der Waals surface area contributed by atoms with E-state index in [4.69, 9.17) is 9.52 Å². The molecule has 1 saturated heterocycles. The minimum Gasteiger partial charge on any atom is -0.459 e. The Bertz CT molecular complexity index is 444. The summed E-state index contributed by atoms with van der Waals surface area (Å²) >= 11 is 0. The molecule has 1 N–H and O–H groups in total. The van der Waals surface area contributed by atoms with Crippen molar-refractivity contribution in [2.75, 3.05) is 33.3 Å². The van der Waals surface area contributed by atoms with E-state index in [9.17, 15) is 9.59 Å². The molecule has 1 unspecified atom stereocenters. The Balaban J connectivity index is 1.87. The molecule has 2 rings (SSSR count).